The Hall–Kier alpha value is -0.160. The predicted molar refractivity (Wildman–Crippen MR) is 77.0 cm³/mol. The van der Waals surface area contributed by atoms with Crippen molar-refractivity contribution in [1.82, 2.24) is 15.1 Å². The van der Waals surface area contributed by atoms with Gasteiger partial charge in [0.1, 0.15) is 0 Å². The van der Waals surface area contributed by atoms with Gasteiger partial charge in [0.2, 0.25) is 0 Å². The molecule has 4 nitrogen and oxygen atoms in total. The summed E-state index contributed by atoms with van der Waals surface area (Å²) in [5, 5.41) is 3.43. The molecule has 1 fully saturated rings. The first kappa shape index (κ1) is 15.9. The van der Waals surface area contributed by atoms with Crippen LogP contribution in [0.25, 0.3) is 0 Å². The van der Waals surface area contributed by atoms with Crippen LogP contribution in [0.1, 0.15) is 20.3 Å². The lowest BCUT2D eigenvalue weighted by molar-refractivity contribution is 0.0424. The molecule has 1 rings (SSSR count). The van der Waals surface area contributed by atoms with Crippen molar-refractivity contribution in [2.75, 3.05) is 54.0 Å². The SMILES string of the molecule is CNC1CCN(CCOCCN(C)C)C(C)C1C. The Labute approximate surface area is 113 Å². The minimum Gasteiger partial charge on any atom is -0.379 e. The van der Waals surface area contributed by atoms with Crippen LogP contribution in [0.2, 0.25) is 0 Å². The fraction of sp³-hybridized carbons (Fsp3) is 1.00. The molecule has 1 N–H and O–H groups in total. The summed E-state index contributed by atoms with van der Waals surface area (Å²) in [5.74, 6) is 0.713. The van der Waals surface area contributed by atoms with E-state index in [0.717, 1.165) is 26.3 Å². The second-order valence-corrected chi connectivity index (χ2v) is 5.74. The van der Waals surface area contributed by atoms with Crippen molar-refractivity contribution in [3.05, 3.63) is 0 Å². The summed E-state index contributed by atoms with van der Waals surface area (Å²) in [7, 11) is 6.24. The van der Waals surface area contributed by atoms with Crippen LogP contribution in [0.15, 0.2) is 0 Å². The van der Waals surface area contributed by atoms with Gasteiger partial charge in [0, 0.05) is 31.7 Å². The molecule has 18 heavy (non-hydrogen) atoms. The Bertz CT molecular complexity index is 223. The molecule has 0 aliphatic carbocycles. The first-order valence-corrected chi connectivity index (χ1v) is 7.20. The van der Waals surface area contributed by atoms with E-state index in [1.165, 1.54) is 13.0 Å². The zero-order valence-electron chi connectivity index (χ0n) is 12.8. The van der Waals surface area contributed by atoms with Gasteiger partial charge >= 0.3 is 0 Å². The summed E-state index contributed by atoms with van der Waals surface area (Å²) in [6, 6.07) is 1.32. The van der Waals surface area contributed by atoms with Gasteiger partial charge < -0.3 is 15.0 Å². The molecule has 0 spiro atoms. The van der Waals surface area contributed by atoms with Crippen LogP contribution in [0, 0.1) is 5.92 Å². The molecule has 3 atom stereocenters. The molecule has 3 unspecified atom stereocenters. The highest BCUT2D eigenvalue weighted by Crippen LogP contribution is 2.22. The fourth-order valence-electron chi connectivity index (χ4n) is 2.69. The number of likely N-dealkylation sites (N-methyl/N-ethyl adjacent to an activating group) is 1. The second-order valence-electron chi connectivity index (χ2n) is 5.74. The molecule has 0 amide bonds. The van der Waals surface area contributed by atoms with Gasteiger partial charge in [-0.3, -0.25) is 4.90 Å². The number of hydrogen-bond donors (Lipinski definition) is 1. The molecule has 1 saturated heterocycles. The maximum Gasteiger partial charge on any atom is 0.0594 e. The van der Waals surface area contributed by atoms with E-state index in [0.29, 0.717) is 18.0 Å². The molecule has 0 aromatic carbocycles. The summed E-state index contributed by atoms with van der Waals surface area (Å²) >= 11 is 0. The lowest BCUT2D eigenvalue weighted by atomic mass is 9.87. The van der Waals surface area contributed by atoms with Gasteiger partial charge in [0.25, 0.3) is 0 Å². The number of piperidine rings is 1. The van der Waals surface area contributed by atoms with Crippen molar-refractivity contribution < 1.29 is 4.74 Å². The number of nitrogens with one attached hydrogen (secondary N) is 1. The number of likely N-dealkylation sites (tertiary alicyclic amines) is 1. The Morgan fingerprint density at radius 3 is 2.61 bits per heavy atom. The first-order valence-electron chi connectivity index (χ1n) is 7.20. The zero-order chi connectivity index (χ0) is 13.5. The van der Waals surface area contributed by atoms with Crippen molar-refractivity contribution in [2.45, 2.75) is 32.4 Å². The highest BCUT2D eigenvalue weighted by molar-refractivity contribution is 4.87. The summed E-state index contributed by atoms with van der Waals surface area (Å²) in [6.45, 7) is 9.65. The molecule has 108 valence electrons. The van der Waals surface area contributed by atoms with Crippen LogP contribution in [-0.2, 0) is 4.74 Å². The summed E-state index contributed by atoms with van der Waals surface area (Å²) in [5.41, 5.74) is 0. The van der Waals surface area contributed by atoms with Crippen molar-refractivity contribution in [3.8, 4) is 0 Å². The number of rotatable bonds is 7. The van der Waals surface area contributed by atoms with E-state index in [1.807, 2.05) is 0 Å². The van der Waals surface area contributed by atoms with E-state index in [1.54, 1.807) is 0 Å². The van der Waals surface area contributed by atoms with Crippen LogP contribution in [-0.4, -0.2) is 75.9 Å². The molecule has 0 bridgehead atoms. The maximum atomic E-state index is 5.68. The smallest absolute Gasteiger partial charge is 0.0594 e. The minimum absolute atomic E-state index is 0.647. The topological polar surface area (TPSA) is 27.7 Å². The van der Waals surface area contributed by atoms with Crippen molar-refractivity contribution in [2.24, 2.45) is 5.92 Å². The van der Waals surface area contributed by atoms with E-state index in [4.69, 9.17) is 4.74 Å². The Morgan fingerprint density at radius 2 is 2.00 bits per heavy atom. The van der Waals surface area contributed by atoms with Gasteiger partial charge in [-0.1, -0.05) is 6.92 Å². The summed E-state index contributed by atoms with van der Waals surface area (Å²) in [4.78, 5) is 4.72. The fourth-order valence-corrected chi connectivity index (χ4v) is 2.69. The van der Waals surface area contributed by atoms with Crippen LogP contribution >= 0.6 is 0 Å². The van der Waals surface area contributed by atoms with Gasteiger partial charge in [-0.25, -0.2) is 0 Å². The Morgan fingerprint density at radius 1 is 1.28 bits per heavy atom. The van der Waals surface area contributed by atoms with E-state index in [-0.39, 0.29) is 0 Å². The quantitative estimate of drug-likeness (QED) is 0.685. The number of ether oxygens (including phenoxy) is 1. The van der Waals surface area contributed by atoms with Crippen LogP contribution in [0.5, 0.6) is 0 Å². The third-order valence-corrected chi connectivity index (χ3v) is 4.28. The van der Waals surface area contributed by atoms with Crippen LogP contribution < -0.4 is 5.32 Å². The Balaban J connectivity index is 2.19. The van der Waals surface area contributed by atoms with Gasteiger partial charge in [-0.05, 0) is 40.4 Å². The van der Waals surface area contributed by atoms with E-state index in [2.05, 4.69) is 50.1 Å². The van der Waals surface area contributed by atoms with Crippen molar-refractivity contribution in [1.29, 1.82) is 0 Å². The highest BCUT2D eigenvalue weighted by Gasteiger charge is 2.30. The third kappa shape index (κ3) is 4.84. The largest absolute Gasteiger partial charge is 0.379 e. The predicted octanol–water partition coefficient (Wildman–Crippen LogP) is 0.883. The molecule has 0 aromatic heterocycles. The molecule has 1 heterocycles. The van der Waals surface area contributed by atoms with Crippen molar-refractivity contribution in [3.63, 3.8) is 0 Å². The lowest BCUT2D eigenvalue weighted by Gasteiger charge is -2.42. The third-order valence-electron chi connectivity index (χ3n) is 4.28. The molecule has 1 aliphatic heterocycles. The monoisotopic (exact) mass is 257 g/mol. The minimum atomic E-state index is 0.647. The number of nitrogens with zero attached hydrogens (tertiary/aromatic N) is 2. The molecular weight excluding hydrogens is 226 g/mol. The first-order chi connectivity index (χ1) is 8.56. The standard InChI is InChI=1S/C14H31N3O/c1-12-13(2)17(7-6-14(12)15-3)9-11-18-10-8-16(4)5/h12-15H,6-11H2,1-5H3. The summed E-state index contributed by atoms with van der Waals surface area (Å²) in [6.07, 6.45) is 1.25. The van der Waals surface area contributed by atoms with Gasteiger partial charge in [-0.2, -0.15) is 0 Å². The van der Waals surface area contributed by atoms with Crippen LogP contribution in [0.4, 0.5) is 0 Å². The highest BCUT2D eigenvalue weighted by atomic mass is 16.5. The van der Waals surface area contributed by atoms with Crippen LogP contribution in [0.3, 0.4) is 0 Å². The van der Waals surface area contributed by atoms with Crippen molar-refractivity contribution >= 4 is 0 Å². The number of hydrogen-bond acceptors (Lipinski definition) is 4. The molecule has 4 heteroatoms. The summed E-state index contributed by atoms with van der Waals surface area (Å²) < 4.78 is 5.68. The molecular formula is C14H31N3O. The van der Waals surface area contributed by atoms with Gasteiger partial charge in [-0.15, -0.1) is 0 Å². The molecule has 0 aromatic rings. The zero-order valence-corrected chi connectivity index (χ0v) is 12.8. The normalized spacial score (nSPS) is 30.0. The second kappa shape index (κ2) is 8.10. The molecule has 0 radical (unpaired) electrons. The average molecular weight is 257 g/mol. The lowest BCUT2D eigenvalue weighted by Crippen LogP contribution is -2.53. The van der Waals surface area contributed by atoms with E-state index >= 15 is 0 Å². The average Bonchev–Trinajstić information content (AvgIpc) is 2.33. The maximum absolute atomic E-state index is 5.68. The van der Waals surface area contributed by atoms with E-state index in [9.17, 15) is 0 Å². The molecule has 0 saturated carbocycles. The van der Waals surface area contributed by atoms with Gasteiger partial charge in [0.05, 0.1) is 13.2 Å². The molecule has 1 aliphatic rings. The Kier molecular flexibility index (Phi) is 7.15. The van der Waals surface area contributed by atoms with E-state index < -0.39 is 0 Å². The van der Waals surface area contributed by atoms with Gasteiger partial charge in [0.15, 0.2) is 0 Å².